The van der Waals surface area contributed by atoms with Gasteiger partial charge in [0.2, 0.25) is 0 Å². The second-order valence-electron chi connectivity index (χ2n) is 4.37. The zero-order valence-electron chi connectivity index (χ0n) is 11.7. The molecule has 0 spiro atoms. The molecule has 0 amide bonds. The molecular weight excluding hydrogens is 357 g/mol. The number of nitrogens with one attached hydrogen (secondary N) is 1. The smallest absolute Gasteiger partial charge is 0.417 e. The highest BCUT2D eigenvalue weighted by Crippen LogP contribution is 2.32. The molecule has 0 unspecified atom stereocenters. The minimum atomic E-state index is -4.55. The zero-order chi connectivity index (χ0) is 17.7. The third kappa shape index (κ3) is 5.05. The molecule has 0 saturated heterocycles. The van der Waals surface area contributed by atoms with Crippen LogP contribution in [0.3, 0.4) is 0 Å². The fraction of sp³-hybridized carbons (Fsp3) is 0.143. The SMILES string of the molecule is FC(F)Oc1cccc(/C=N/Nc2ncc(C(F)(F)F)cc2Cl)c1. The summed E-state index contributed by atoms with van der Waals surface area (Å²) < 4.78 is 65.9. The molecule has 4 nitrogen and oxygen atoms in total. The summed E-state index contributed by atoms with van der Waals surface area (Å²) in [7, 11) is 0. The number of alkyl halides is 5. The number of hydrogen-bond donors (Lipinski definition) is 1. The van der Waals surface area contributed by atoms with Crippen molar-refractivity contribution in [3.8, 4) is 5.75 Å². The molecule has 1 N–H and O–H groups in total. The maximum Gasteiger partial charge on any atom is 0.417 e. The van der Waals surface area contributed by atoms with Crippen molar-refractivity contribution >= 4 is 23.6 Å². The van der Waals surface area contributed by atoms with Crippen LogP contribution in [0.2, 0.25) is 5.02 Å². The number of benzene rings is 1. The number of pyridine rings is 1. The van der Waals surface area contributed by atoms with Crippen molar-refractivity contribution in [1.82, 2.24) is 4.98 Å². The maximum absolute atomic E-state index is 12.5. The van der Waals surface area contributed by atoms with Gasteiger partial charge >= 0.3 is 12.8 Å². The molecule has 0 fully saturated rings. The van der Waals surface area contributed by atoms with E-state index in [0.717, 1.165) is 0 Å². The second-order valence-corrected chi connectivity index (χ2v) is 4.78. The summed E-state index contributed by atoms with van der Waals surface area (Å²) in [6, 6.07) is 6.39. The third-order valence-electron chi connectivity index (χ3n) is 2.64. The van der Waals surface area contributed by atoms with Crippen LogP contribution in [0.5, 0.6) is 5.75 Å². The lowest BCUT2D eigenvalue weighted by Gasteiger charge is -2.08. The molecule has 0 aliphatic carbocycles. The summed E-state index contributed by atoms with van der Waals surface area (Å²) in [4.78, 5) is 3.53. The number of hydrazone groups is 1. The number of rotatable bonds is 5. The second kappa shape index (κ2) is 7.43. The Morgan fingerprint density at radius 1 is 1.25 bits per heavy atom. The van der Waals surface area contributed by atoms with Crippen LogP contribution in [0, 0.1) is 0 Å². The van der Waals surface area contributed by atoms with E-state index in [2.05, 4.69) is 20.2 Å². The summed E-state index contributed by atoms with van der Waals surface area (Å²) in [6.07, 6.45) is -2.70. The first kappa shape index (κ1) is 17.9. The molecule has 128 valence electrons. The average Bonchev–Trinajstić information content (AvgIpc) is 2.47. The highest BCUT2D eigenvalue weighted by molar-refractivity contribution is 6.32. The molecule has 24 heavy (non-hydrogen) atoms. The standard InChI is InChI=1S/C14H9ClF5N3O/c15-11-5-9(14(18,19)20)7-21-12(11)23-22-6-8-2-1-3-10(4-8)24-13(16)17/h1-7,13H,(H,21,23)/b22-6+. The van der Waals surface area contributed by atoms with Gasteiger partial charge in [-0.3, -0.25) is 5.43 Å². The summed E-state index contributed by atoms with van der Waals surface area (Å²) in [6.45, 7) is -2.95. The number of ether oxygens (including phenoxy) is 1. The Bertz CT molecular complexity index is 737. The molecule has 0 aliphatic rings. The number of anilines is 1. The van der Waals surface area contributed by atoms with Crippen LogP contribution in [-0.2, 0) is 6.18 Å². The van der Waals surface area contributed by atoms with Gasteiger partial charge in [0.05, 0.1) is 16.8 Å². The average molecular weight is 366 g/mol. The molecular formula is C14H9ClF5N3O. The Morgan fingerprint density at radius 3 is 2.62 bits per heavy atom. The Labute approximate surface area is 137 Å². The van der Waals surface area contributed by atoms with Gasteiger partial charge in [0.15, 0.2) is 5.82 Å². The van der Waals surface area contributed by atoms with Gasteiger partial charge in [0.1, 0.15) is 5.75 Å². The fourth-order valence-electron chi connectivity index (χ4n) is 1.61. The van der Waals surface area contributed by atoms with Crippen LogP contribution >= 0.6 is 11.6 Å². The fourth-order valence-corrected chi connectivity index (χ4v) is 1.82. The van der Waals surface area contributed by atoms with Gasteiger partial charge in [-0.25, -0.2) is 4.98 Å². The van der Waals surface area contributed by atoms with E-state index in [4.69, 9.17) is 11.6 Å². The first-order valence-electron chi connectivity index (χ1n) is 6.32. The predicted octanol–water partition coefficient (Wildman–Crippen LogP) is 4.80. The largest absolute Gasteiger partial charge is 0.435 e. The highest BCUT2D eigenvalue weighted by atomic mass is 35.5. The molecule has 0 radical (unpaired) electrons. The molecule has 0 atom stereocenters. The monoisotopic (exact) mass is 365 g/mol. The summed E-state index contributed by atoms with van der Waals surface area (Å²) >= 11 is 5.70. The van der Waals surface area contributed by atoms with E-state index >= 15 is 0 Å². The molecule has 1 aromatic carbocycles. The van der Waals surface area contributed by atoms with Gasteiger partial charge < -0.3 is 4.74 Å². The Hall–Kier alpha value is -2.42. The summed E-state index contributed by atoms with van der Waals surface area (Å²) in [5.41, 5.74) is 1.80. The van der Waals surface area contributed by atoms with Gasteiger partial charge in [-0.1, -0.05) is 23.7 Å². The lowest BCUT2D eigenvalue weighted by molar-refractivity contribution is -0.137. The molecule has 2 rings (SSSR count). The van der Waals surface area contributed by atoms with Crippen LogP contribution in [0.15, 0.2) is 41.6 Å². The molecule has 0 bridgehead atoms. The van der Waals surface area contributed by atoms with E-state index in [1.54, 1.807) is 6.07 Å². The molecule has 2 aromatic rings. The molecule has 1 heterocycles. The van der Waals surface area contributed by atoms with Crippen molar-refractivity contribution in [1.29, 1.82) is 0 Å². The topological polar surface area (TPSA) is 46.5 Å². The van der Waals surface area contributed by atoms with Gasteiger partial charge in [-0.15, -0.1) is 0 Å². The predicted molar refractivity (Wildman–Crippen MR) is 78.5 cm³/mol. The number of hydrogen-bond acceptors (Lipinski definition) is 4. The van der Waals surface area contributed by atoms with E-state index in [1.807, 2.05) is 0 Å². The Kier molecular flexibility index (Phi) is 5.55. The lowest BCUT2D eigenvalue weighted by Crippen LogP contribution is -2.06. The van der Waals surface area contributed by atoms with Gasteiger partial charge in [0.25, 0.3) is 0 Å². The first-order valence-corrected chi connectivity index (χ1v) is 6.70. The van der Waals surface area contributed by atoms with E-state index < -0.39 is 18.4 Å². The van der Waals surface area contributed by atoms with Crippen LogP contribution < -0.4 is 10.2 Å². The molecule has 10 heteroatoms. The number of aromatic nitrogens is 1. The quantitative estimate of drug-likeness (QED) is 0.470. The number of halogens is 6. The van der Waals surface area contributed by atoms with Crippen LogP contribution in [-0.4, -0.2) is 17.8 Å². The van der Waals surface area contributed by atoms with Crippen molar-refractivity contribution < 1.29 is 26.7 Å². The Morgan fingerprint density at radius 2 is 2.00 bits per heavy atom. The Balaban J connectivity index is 2.07. The lowest BCUT2D eigenvalue weighted by atomic mass is 10.2. The molecule has 0 saturated carbocycles. The van der Waals surface area contributed by atoms with Crippen LogP contribution in [0.1, 0.15) is 11.1 Å². The van der Waals surface area contributed by atoms with E-state index in [9.17, 15) is 22.0 Å². The normalized spacial score (nSPS) is 12.0. The third-order valence-corrected chi connectivity index (χ3v) is 2.92. The molecule has 0 aliphatic heterocycles. The van der Waals surface area contributed by atoms with Crippen molar-refractivity contribution in [2.45, 2.75) is 12.8 Å². The summed E-state index contributed by atoms with van der Waals surface area (Å²) in [5, 5.41) is 3.47. The minimum absolute atomic E-state index is 0.0559. The summed E-state index contributed by atoms with van der Waals surface area (Å²) in [5.74, 6) is -0.138. The minimum Gasteiger partial charge on any atom is -0.435 e. The van der Waals surface area contributed by atoms with Crippen molar-refractivity contribution in [3.63, 3.8) is 0 Å². The molecule has 1 aromatic heterocycles. The van der Waals surface area contributed by atoms with Gasteiger partial charge in [-0.2, -0.15) is 27.1 Å². The van der Waals surface area contributed by atoms with Crippen molar-refractivity contribution in [3.05, 3.63) is 52.7 Å². The van der Waals surface area contributed by atoms with E-state index in [-0.39, 0.29) is 16.6 Å². The van der Waals surface area contributed by atoms with E-state index in [0.29, 0.717) is 17.8 Å². The highest BCUT2D eigenvalue weighted by Gasteiger charge is 2.31. The van der Waals surface area contributed by atoms with Gasteiger partial charge in [0, 0.05) is 6.20 Å². The van der Waals surface area contributed by atoms with E-state index in [1.165, 1.54) is 24.4 Å². The van der Waals surface area contributed by atoms with Crippen LogP contribution in [0.4, 0.5) is 27.8 Å². The van der Waals surface area contributed by atoms with Crippen LogP contribution in [0.25, 0.3) is 0 Å². The number of nitrogens with zero attached hydrogens (tertiary/aromatic N) is 2. The first-order chi connectivity index (χ1) is 11.3. The maximum atomic E-state index is 12.5. The zero-order valence-corrected chi connectivity index (χ0v) is 12.4. The van der Waals surface area contributed by atoms with Gasteiger partial charge in [-0.05, 0) is 23.8 Å². The van der Waals surface area contributed by atoms with Crippen molar-refractivity contribution in [2.75, 3.05) is 5.43 Å². The van der Waals surface area contributed by atoms with Crippen molar-refractivity contribution in [2.24, 2.45) is 5.10 Å².